The Hall–Kier alpha value is -4.05. The topological polar surface area (TPSA) is 58.9 Å². The minimum Gasteiger partial charge on any atom is -0.507 e. The maximum atomic E-state index is 10.6. The number of fused-ring (bicyclic) bond motifs is 1. The summed E-state index contributed by atoms with van der Waals surface area (Å²) < 4.78 is 0. The second-order valence-electron chi connectivity index (χ2n) is 6.78. The van der Waals surface area contributed by atoms with Crippen LogP contribution in [0.25, 0.3) is 44.7 Å². The van der Waals surface area contributed by atoms with Crippen molar-refractivity contribution in [1.82, 2.24) is 15.2 Å². The van der Waals surface area contributed by atoms with Gasteiger partial charge in [0, 0.05) is 11.1 Å². The Labute approximate surface area is 168 Å². The molecule has 1 aromatic heterocycles. The van der Waals surface area contributed by atoms with Gasteiger partial charge in [0.1, 0.15) is 17.1 Å². The van der Waals surface area contributed by atoms with Gasteiger partial charge >= 0.3 is 0 Å². The van der Waals surface area contributed by atoms with Gasteiger partial charge in [-0.25, -0.2) is 4.98 Å². The number of aromatic nitrogens is 3. The van der Waals surface area contributed by atoms with Crippen molar-refractivity contribution in [1.29, 1.82) is 0 Å². The van der Waals surface area contributed by atoms with E-state index in [9.17, 15) is 5.11 Å². The summed E-state index contributed by atoms with van der Waals surface area (Å²) in [5, 5.41) is 21.4. The van der Waals surface area contributed by atoms with Gasteiger partial charge in [-0.3, -0.25) is 0 Å². The molecule has 5 aromatic rings. The summed E-state index contributed by atoms with van der Waals surface area (Å²) in [6.45, 7) is 0. The number of nitrogens with zero attached hydrogens (tertiary/aromatic N) is 3. The number of phenolic OH excluding ortho intramolecular Hbond substituents is 1. The molecule has 0 saturated heterocycles. The Morgan fingerprint density at radius 3 is 1.76 bits per heavy atom. The van der Waals surface area contributed by atoms with Gasteiger partial charge in [-0.15, -0.1) is 10.2 Å². The van der Waals surface area contributed by atoms with Crippen LogP contribution >= 0.6 is 0 Å². The molecule has 1 N–H and O–H groups in total. The molecule has 0 aliphatic rings. The number of phenols is 1. The van der Waals surface area contributed by atoms with E-state index in [-0.39, 0.29) is 5.75 Å². The second-order valence-corrected chi connectivity index (χ2v) is 6.78. The normalized spacial score (nSPS) is 10.9. The van der Waals surface area contributed by atoms with Crippen molar-refractivity contribution in [2.24, 2.45) is 0 Å². The molecule has 0 aliphatic carbocycles. The summed E-state index contributed by atoms with van der Waals surface area (Å²) in [5.41, 5.74) is 3.89. The van der Waals surface area contributed by atoms with Crippen LogP contribution < -0.4 is 0 Å². The van der Waals surface area contributed by atoms with Crippen LogP contribution in [0.4, 0.5) is 0 Å². The molecule has 0 amide bonds. The van der Waals surface area contributed by atoms with Crippen molar-refractivity contribution in [2.45, 2.75) is 0 Å². The molecule has 0 aliphatic heterocycles. The predicted octanol–water partition coefficient (Wildman–Crippen LogP) is 5.73. The molecular weight excluding hydrogens is 358 g/mol. The maximum Gasteiger partial charge on any atom is 0.186 e. The summed E-state index contributed by atoms with van der Waals surface area (Å²) in [6, 6.07) is 31.3. The molecular formula is C25H17N3O. The highest BCUT2D eigenvalue weighted by Gasteiger charge is 2.16. The lowest BCUT2D eigenvalue weighted by Crippen LogP contribution is -2.00. The molecule has 29 heavy (non-hydrogen) atoms. The summed E-state index contributed by atoms with van der Waals surface area (Å²) >= 11 is 0. The third kappa shape index (κ3) is 3.21. The lowest BCUT2D eigenvalue weighted by Gasteiger charge is -2.11. The highest BCUT2D eigenvalue weighted by molar-refractivity contribution is 5.90. The van der Waals surface area contributed by atoms with E-state index in [0.29, 0.717) is 17.1 Å². The van der Waals surface area contributed by atoms with Crippen LogP contribution in [0.5, 0.6) is 5.75 Å². The van der Waals surface area contributed by atoms with Crippen LogP contribution in [0.3, 0.4) is 0 Å². The lowest BCUT2D eigenvalue weighted by atomic mass is 10.0. The number of hydrogen-bond donors (Lipinski definition) is 1. The van der Waals surface area contributed by atoms with Crippen molar-refractivity contribution < 1.29 is 5.11 Å². The molecule has 0 unspecified atom stereocenters. The highest BCUT2D eigenvalue weighted by atomic mass is 16.3. The molecule has 0 radical (unpaired) electrons. The zero-order chi connectivity index (χ0) is 19.6. The molecule has 4 aromatic carbocycles. The maximum absolute atomic E-state index is 10.6. The molecule has 0 bridgehead atoms. The first kappa shape index (κ1) is 17.1. The quantitative estimate of drug-likeness (QED) is 0.437. The van der Waals surface area contributed by atoms with Crippen molar-refractivity contribution in [3.8, 4) is 39.7 Å². The number of rotatable bonds is 3. The first-order valence-electron chi connectivity index (χ1n) is 9.37. The van der Waals surface area contributed by atoms with Crippen LogP contribution in [0.1, 0.15) is 0 Å². The molecule has 0 atom stereocenters. The highest BCUT2D eigenvalue weighted by Crippen LogP contribution is 2.34. The number of hydrogen-bond acceptors (Lipinski definition) is 4. The van der Waals surface area contributed by atoms with Gasteiger partial charge in [0.25, 0.3) is 0 Å². The number of benzene rings is 4. The van der Waals surface area contributed by atoms with E-state index >= 15 is 0 Å². The fourth-order valence-electron chi connectivity index (χ4n) is 3.44. The predicted molar refractivity (Wildman–Crippen MR) is 115 cm³/mol. The summed E-state index contributed by atoms with van der Waals surface area (Å²) in [6.07, 6.45) is 0. The standard InChI is InChI=1S/C25H17N3O/c29-22-16-20-14-8-7-13-19(20)15-21(22)25-26-23(17-9-3-1-4-10-17)24(27-28-25)18-11-5-2-6-12-18/h1-16,29H. The molecule has 0 saturated carbocycles. The third-order valence-corrected chi connectivity index (χ3v) is 4.89. The molecule has 0 spiro atoms. The van der Waals surface area contributed by atoms with Gasteiger partial charge in [-0.05, 0) is 22.9 Å². The van der Waals surface area contributed by atoms with E-state index in [4.69, 9.17) is 4.98 Å². The SMILES string of the molecule is Oc1cc2ccccc2cc1-c1nnc(-c2ccccc2)c(-c2ccccc2)n1. The first-order valence-corrected chi connectivity index (χ1v) is 9.37. The average molecular weight is 375 g/mol. The van der Waals surface area contributed by atoms with E-state index in [1.54, 1.807) is 6.07 Å². The number of aromatic hydroxyl groups is 1. The molecule has 4 heteroatoms. The minimum absolute atomic E-state index is 0.136. The molecule has 138 valence electrons. The second kappa shape index (κ2) is 7.17. The average Bonchev–Trinajstić information content (AvgIpc) is 2.79. The summed E-state index contributed by atoms with van der Waals surface area (Å²) in [7, 11) is 0. The van der Waals surface area contributed by atoms with E-state index in [2.05, 4.69) is 10.2 Å². The van der Waals surface area contributed by atoms with Crippen molar-refractivity contribution in [2.75, 3.05) is 0 Å². The molecule has 1 heterocycles. The summed E-state index contributed by atoms with van der Waals surface area (Å²) in [5.74, 6) is 0.531. The minimum atomic E-state index is 0.136. The van der Waals surface area contributed by atoms with Crippen LogP contribution in [0, 0.1) is 0 Å². The molecule has 0 fully saturated rings. The van der Waals surface area contributed by atoms with Gasteiger partial charge in [-0.1, -0.05) is 84.9 Å². The Morgan fingerprint density at radius 1 is 0.552 bits per heavy atom. The van der Waals surface area contributed by atoms with Gasteiger partial charge in [0.2, 0.25) is 0 Å². The fraction of sp³-hybridized carbons (Fsp3) is 0. The van der Waals surface area contributed by atoms with Gasteiger partial charge in [0.05, 0.1) is 5.56 Å². The largest absolute Gasteiger partial charge is 0.507 e. The third-order valence-electron chi connectivity index (χ3n) is 4.89. The van der Waals surface area contributed by atoms with Crippen LogP contribution in [0.15, 0.2) is 97.1 Å². The smallest absolute Gasteiger partial charge is 0.186 e. The first-order chi connectivity index (χ1) is 14.3. The monoisotopic (exact) mass is 375 g/mol. The van der Waals surface area contributed by atoms with Crippen LogP contribution in [0.2, 0.25) is 0 Å². The van der Waals surface area contributed by atoms with Crippen LogP contribution in [-0.4, -0.2) is 20.3 Å². The van der Waals surface area contributed by atoms with E-state index in [1.807, 2.05) is 91.0 Å². The van der Waals surface area contributed by atoms with Crippen molar-refractivity contribution in [3.63, 3.8) is 0 Å². The van der Waals surface area contributed by atoms with Gasteiger partial charge in [0.15, 0.2) is 5.82 Å². The van der Waals surface area contributed by atoms with Gasteiger partial charge < -0.3 is 5.11 Å². The van der Waals surface area contributed by atoms with E-state index < -0.39 is 0 Å². The lowest BCUT2D eigenvalue weighted by molar-refractivity contribution is 0.477. The Kier molecular flexibility index (Phi) is 4.22. The van der Waals surface area contributed by atoms with Crippen molar-refractivity contribution >= 4 is 10.8 Å². The molecule has 4 nitrogen and oxygen atoms in total. The van der Waals surface area contributed by atoms with E-state index in [0.717, 1.165) is 27.6 Å². The molecule has 5 rings (SSSR count). The Bertz CT molecular complexity index is 1300. The summed E-state index contributed by atoms with van der Waals surface area (Å²) in [4.78, 5) is 4.82. The van der Waals surface area contributed by atoms with Crippen molar-refractivity contribution in [3.05, 3.63) is 97.1 Å². The Morgan fingerprint density at radius 2 is 1.10 bits per heavy atom. The zero-order valence-corrected chi connectivity index (χ0v) is 15.5. The van der Waals surface area contributed by atoms with E-state index in [1.165, 1.54) is 0 Å². The van der Waals surface area contributed by atoms with Gasteiger partial charge in [-0.2, -0.15) is 0 Å². The Balaban J connectivity index is 1.73. The fourth-order valence-corrected chi connectivity index (χ4v) is 3.44. The van der Waals surface area contributed by atoms with Crippen LogP contribution in [-0.2, 0) is 0 Å². The zero-order valence-electron chi connectivity index (χ0n) is 15.5.